The topological polar surface area (TPSA) is 29.5 Å². The zero-order valence-electron chi connectivity index (χ0n) is 14.5. The lowest BCUT2D eigenvalue weighted by molar-refractivity contribution is 0.203. The molecule has 1 N–H and O–H groups in total. The van der Waals surface area contributed by atoms with Crippen LogP contribution in [0.1, 0.15) is 22.6 Å². The second-order valence-corrected chi connectivity index (χ2v) is 6.89. The van der Waals surface area contributed by atoms with Crippen LogP contribution in [0, 0.1) is 0 Å². The molecule has 0 aromatic heterocycles. The van der Waals surface area contributed by atoms with Crippen LogP contribution in [-0.2, 0) is 6.42 Å². The standard InChI is InChI=1S/C24H20O2/c25-13-14-26-23-12-4-9-18-19(8-3-10-20(18)23)22-15-17-7-1-5-16-6-2-11-21(22)24(16)17/h1-12,22,25H,13-15H2. The van der Waals surface area contributed by atoms with Gasteiger partial charge in [0, 0.05) is 11.3 Å². The highest BCUT2D eigenvalue weighted by Crippen LogP contribution is 2.44. The quantitative estimate of drug-likeness (QED) is 0.563. The summed E-state index contributed by atoms with van der Waals surface area (Å²) in [6, 6.07) is 25.9. The third-order valence-electron chi connectivity index (χ3n) is 5.46. The molecular formula is C24H20O2. The summed E-state index contributed by atoms with van der Waals surface area (Å²) in [6.45, 7) is 0.341. The van der Waals surface area contributed by atoms with Crippen molar-refractivity contribution in [1.82, 2.24) is 0 Å². The second kappa shape index (κ2) is 6.15. The van der Waals surface area contributed by atoms with Gasteiger partial charge in [0.2, 0.25) is 0 Å². The van der Waals surface area contributed by atoms with E-state index in [0.29, 0.717) is 12.5 Å². The molecule has 0 saturated heterocycles. The van der Waals surface area contributed by atoms with Gasteiger partial charge in [0.05, 0.1) is 6.61 Å². The summed E-state index contributed by atoms with van der Waals surface area (Å²) in [5.41, 5.74) is 4.21. The minimum Gasteiger partial charge on any atom is -0.491 e. The fraction of sp³-hybridized carbons (Fsp3) is 0.167. The largest absolute Gasteiger partial charge is 0.491 e. The van der Waals surface area contributed by atoms with Gasteiger partial charge in [-0.1, -0.05) is 66.7 Å². The molecule has 0 bridgehead atoms. The van der Waals surface area contributed by atoms with Crippen molar-refractivity contribution in [3.63, 3.8) is 0 Å². The smallest absolute Gasteiger partial charge is 0.127 e. The van der Waals surface area contributed by atoms with E-state index < -0.39 is 0 Å². The number of hydrogen-bond donors (Lipinski definition) is 1. The minimum atomic E-state index is 0.0238. The fourth-order valence-electron chi connectivity index (χ4n) is 4.41. The highest BCUT2D eigenvalue weighted by molar-refractivity contribution is 5.95. The summed E-state index contributed by atoms with van der Waals surface area (Å²) in [4.78, 5) is 0. The molecule has 2 nitrogen and oxygen atoms in total. The maximum absolute atomic E-state index is 9.09. The van der Waals surface area contributed by atoms with Crippen LogP contribution in [0.2, 0.25) is 0 Å². The van der Waals surface area contributed by atoms with Crippen molar-refractivity contribution < 1.29 is 9.84 Å². The van der Waals surface area contributed by atoms with Crippen LogP contribution in [0.3, 0.4) is 0 Å². The highest BCUT2D eigenvalue weighted by atomic mass is 16.5. The van der Waals surface area contributed by atoms with Gasteiger partial charge in [0.15, 0.2) is 0 Å². The Kier molecular flexibility index (Phi) is 3.65. The molecule has 0 aliphatic heterocycles. The number of ether oxygens (including phenoxy) is 1. The number of hydrogen-bond acceptors (Lipinski definition) is 2. The Morgan fingerprint density at radius 1 is 0.808 bits per heavy atom. The Hall–Kier alpha value is -2.84. The molecule has 0 spiro atoms. The SMILES string of the molecule is OCCOc1cccc2c(C3Cc4cccc5cccc3c45)cccc12. The van der Waals surface area contributed by atoms with Crippen LogP contribution >= 0.6 is 0 Å². The summed E-state index contributed by atoms with van der Waals surface area (Å²) in [7, 11) is 0. The summed E-state index contributed by atoms with van der Waals surface area (Å²) in [6.07, 6.45) is 1.04. The first-order valence-corrected chi connectivity index (χ1v) is 9.12. The average Bonchev–Trinajstić information content (AvgIpc) is 3.07. The Balaban J connectivity index is 1.69. The Morgan fingerprint density at radius 3 is 2.42 bits per heavy atom. The van der Waals surface area contributed by atoms with Gasteiger partial charge >= 0.3 is 0 Å². The lowest BCUT2D eigenvalue weighted by Crippen LogP contribution is -2.03. The number of aliphatic hydroxyl groups is 1. The van der Waals surface area contributed by atoms with E-state index in [1.807, 2.05) is 12.1 Å². The molecule has 5 rings (SSSR count). The molecule has 1 unspecified atom stereocenters. The lowest BCUT2D eigenvalue weighted by atomic mass is 9.88. The summed E-state index contributed by atoms with van der Waals surface area (Å²) in [5, 5.41) is 14.2. The predicted molar refractivity (Wildman–Crippen MR) is 106 cm³/mol. The fourth-order valence-corrected chi connectivity index (χ4v) is 4.41. The van der Waals surface area contributed by atoms with Crippen molar-refractivity contribution in [2.24, 2.45) is 0 Å². The van der Waals surface area contributed by atoms with Gasteiger partial charge in [-0.25, -0.2) is 0 Å². The molecule has 0 fully saturated rings. The van der Waals surface area contributed by atoms with E-state index in [9.17, 15) is 0 Å². The second-order valence-electron chi connectivity index (χ2n) is 6.89. The van der Waals surface area contributed by atoms with Crippen molar-refractivity contribution >= 4 is 21.5 Å². The molecule has 1 atom stereocenters. The average molecular weight is 340 g/mol. The van der Waals surface area contributed by atoms with Gasteiger partial charge in [-0.05, 0) is 45.3 Å². The first-order chi connectivity index (χ1) is 12.9. The summed E-state index contributed by atoms with van der Waals surface area (Å²) in [5.74, 6) is 1.21. The van der Waals surface area contributed by atoms with Gasteiger partial charge < -0.3 is 9.84 Å². The van der Waals surface area contributed by atoms with Gasteiger partial charge in [0.1, 0.15) is 12.4 Å². The van der Waals surface area contributed by atoms with Gasteiger partial charge in [-0.3, -0.25) is 0 Å². The molecule has 2 heteroatoms. The van der Waals surface area contributed by atoms with Crippen molar-refractivity contribution in [2.75, 3.05) is 13.2 Å². The molecule has 4 aromatic rings. The predicted octanol–water partition coefficient (Wildman–Crippen LogP) is 5.05. The molecule has 1 aliphatic rings. The Labute approximate surface area is 152 Å². The molecular weight excluding hydrogens is 320 g/mol. The van der Waals surface area contributed by atoms with E-state index in [1.54, 1.807) is 0 Å². The molecule has 128 valence electrons. The number of aliphatic hydroxyl groups excluding tert-OH is 1. The number of fused-ring (bicyclic) bond motifs is 1. The molecule has 0 heterocycles. The minimum absolute atomic E-state index is 0.0238. The normalized spacial score (nSPS) is 15.7. The monoisotopic (exact) mass is 340 g/mol. The van der Waals surface area contributed by atoms with Crippen LogP contribution in [0.5, 0.6) is 5.75 Å². The van der Waals surface area contributed by atoms with Crippen molar-refractivity contribution in [3.05, 3.63) is 89.5 Å². The van der Waals surface area contributed by atoms with Crippen molar-refractivity contribution in [1.29, 1.82) is 0 Å². The van der Waals surface area contributed by atoms with Crippen molar-refractivity contribution in [3.8, 4) is 5.75 Å². The molecule has 26 heavy (non-hydrogen) atoms. The number of benzene rings is 4. The van der Waals surface area contributed by atoms with E-state index in [0.717, 1.165) is 17.6 Å². The maximum Gasteiger partial charge on any atom is 0.127 e. The zero-order chi connectivity index (χ0) is 17.5. The van der Waals surface area contributed by atoms with Gasteiger partial charge in [-0.15, -0.1) is 0 Å². The third-order valence-corrected chi connectivity index (χ3v) is 5.46. The maximum atomic E-state index is 9.09. The van der Waals surface area contributed by atoms with Gasteiger partial charge in [-0.2, -0.15) is 0 Å². The van der Waals surface area contributed by atoms with E-state index >= 15 is 0 Å². The van der Waals surface area contributed by atoms with E-state index in [4.69, 9.17) is 9.84 Å². The molecule has 0 radical (unpaired) electrons. The van der Waals surface area contributed by atoms with Crippen LogP contribution in [-0.4, -0.2) is 18.3 Å². The first-order valence-electron chi connectivity index (χ1n) is 9.12. The molecule has 0 saturated carbocycles. The Bertz CT molecular complexity index is 1110. The number of rotatable bonds is 4. The van der Waals surface area contributed by atoms with Crippen LogP contribution in [0.25, 0.3) is 21.5 Å². The lowest BCUT2D eigenvalue weighted by Gasteiger charge is -2.17. The molecule has 0 amide bonds. The van der Waals surface area contributed by atoms with E-state index in [2.05, 4.69) is 60.7 Å². The van der Waals surface area contributed by atoms with E-state index in [1.165, 1.54) is 32.8 Å². The first kappa shape index (κ1) is 15.4. The summed E-state index contributed by atoms with van der Waals surface area (Å²) < 4.78 is 5.76. The highest BCUT2D eigenvalue weighted by Gasteiger charge is 2.26. The van der Waals surface area contributed by atoms with Crippen molar-refractivity contribution in [2.45, 2.75) is 12.3 Å². The van der Waals surface area contributed by atoms with Crippen LogP contribution < -0.4 is 4.74 Å². The summed E-state index contributed by atoms with van der Waals surface area (Å²) >= 11 is 0. The zero-order valence-corrected chi connectivity index (χ0v) is 14.5. The third kappa shape index (κ3) is 2.30. The molecule has 1 aliphatic carbocycles. The van der Waals surface area contributed by atoms with Crippen LogP contribution in [0.15, 0.2) is 72.8 Å². The van der Waals surface area contributed by atoms with Crippen LogP contribution in [0.4, 0.5) is 0 Å². The Morgan fingerprint density at radius 2 is 1.54 bits per heavy atom. The van der Waals surface area contributed by atoms with E-state index in [-0.39, 0.29) is 6.61 Å². The van der Waals surface area contributed by atoms with Gasteiger partial charge in [0.25, 0.3) is 0 Å². The molecule has 4 aromatic carbocycles.